The van der Waals surface area contributed by atoms with Gasteiger partial charge in [0.15, 0.2) is 0 Å². The lowest BCUT2D eigenvalue weighted by molar-refractivity contribution is 0.0949. The van der Waals surface area contributed by atoms with E-state index in [9.17, 15) is 4.79 Å². The molecular formula is C22H30N4O2. The molecule has 1 aliphatic rings. The molecule has 28 heavy (non-hydrogen) atoms. The number of piperidine rings is 1. The van der Waals surface area contributed by atoms with Crippen LogP contribution in [0.5, 0.6) is 5.75 Å². The van der Waals surface area contributed by atoms with E-state index in [0.717, 1.165) is 48.9 Å². The maximum atomic E-state index is 12.6. The van der Waals surface area contributed by atoms with Gasteiger partial charge >= 0.3 is 0 Å². The van der Waals surface area contributed by atoms with Gasteiger partial charge in [-0.15, -0.1) is 0 Å². The van der Waals surface area contributed by atoms with Crippen molar-refractivity contribution in [3.63, 3.8) is 0 Å². The number of benzene rings is 1. The van der Waals surface area contributed by atoms with Crippen molar-refractivity contribution in [3.05, 3.63) is 53.1 Å². The van der Waals surface area contributed by atoms with Gasteiger partial charge in [-0.3, -0.25) is 4.79 Å². The molecule has 1 atom stereocenters. The fraction of sp³-hybridized carbons (Fsp3) is 0.500. The quantitative estimate of drug-likeness (QED) is 0.796. The summed E-state index contributed by atoms with van der Waals surface area (Å²) in [6.07, 6.45) is 5.13. The van der Waals surface area contributed by atoms with Crippen LogP contribution in [0.4, 0.5) is 0 Å². The van der Waals surface area contributed by atoms with Crippen LogP contribution in [0.25, 0.3) is 0 Å². The SMILES string of the molecule is CCCN1CCCC(c2ncc(C(=O)NCc3cccc(OC)c3)c(C)n2)C1. The largest absolute Gasteiger partial charge is 0.497 e. The van der Waals surface area contributed by atoms with Gasteiger partial charge in [-0.2, -0.15) is 0 Å². The van der Waals surface area contributed by atoms with Gasteiger partial charge in [0.2, 0.25) is 0 Å². The third-order valence-corrected chi connectivity index (χ3v) is 5.24. The number of hydrogen-bond acceptors (Lipinski definition) is 5. The topological polar surface area (TPSA) is 67.4 Å². The predicted octanol–water partition coefficient (Wildman–Crippen LogP) is 3.31. The zero-order valence-electron chi connectivity index (χ0n) is 17.1. The molecule has 1 N–H and O–H groups in total. The standard InChI is InChI=1S/C22H30N4O2/c1-4-10-26-11-6-8-18(15-26)21-23-14-20(16(2)25-21)22(27)24-13-17-7-5-9-19(12-17)28-3/h5,7,9,12,14,18H,4,6,8,10-11,13,15H2,1-3H3,(H,24,27). The molecule has 1 aliphatic heterocycles. The Morgan fingerprint density at radius 1 is 1.39 bits per heavy atom. The summed E-state index contributed by atoms with van der Waals surface area (Å²) in [5, 5.41) is 2.95. The van der Waals surface area contributed by atoms with Crippen molar-refractivity contribution in [3.8, 4) is 5.75 Å². The minimum Gasteiger partial charge on any atom is -0.497 e. The smallest absolute Gasteiger partial charge is 0.254 e. The van der Waals surface area contributed by atoms with E-state index in [-0.39, 0.29) is 5.91 Å². The fourth-order valence-corrected chi connectivity index (χ4v) is 3.75. The molecule has 0 saturated carbocycles. The number of methoxy groups -OCH3 is 1. The molecule has 0 bridgehead atoms. The average molecular weight is 383 g/mol. The van der Waals surface area contributed by atoms with Gasteiger partial charge in [-0.05, 0) is 57.0 Å². The van der Waals surface area contributed by atoms with Crippen LogP contribution < -0.4 is 10.1 Å². The van der Waals surface area contributed by atoms with Crippen molar-refractivity contribution in [2.24, 2.45) is 0 Å². The fourth-order valence-electron chi connectivity index (χ4n) is 3.75. The number of ether oxygens (including phenoxy) is 1. The predicted molar refractivity (Wildman–Crippen MR) is 110 cm³/mol. The molecule has 6 heteroatoms. The highest BCUT2D eigenvalue weighted by atomic mass is 16.5. The Bertz CT molecular complexity index is 807. The Balaban J connectivity index is 1.63. The molecule has 1 saturated heterocycles. The van der Waals surface area contributed by atoms with Crippen molar-refractivity contribution in [1.29, 1.82) is 0 Å². The van der Waals surface area contributed by atoms with Crippen molar-refractivity contribution in [2.45, 2.75) is 45.6 Å². The first-order chi connectivity index (χ1) is 13.6. The van der Waals surface area contributed by atoms with Crippen LogP contribution in [-0.4, -0.2) is 47.5 Å². The van der Waals surface area contributed by atoms with E-state index in [0.29, 0.717) is 18.0 Å². The van der Waals surface area contributed by atoms with Crippen molar-refractivity contribution >= 4 is 5.91 Å². The van der Waals surface area contributed by atoms with Gasteiger partial charge < -0.3 is 15.0 Å². The third-order valence-electron chi connectivity index (χ3n) is 5.24. The Labute approximate surface area is 167 Å². The van der Waals surface area contributed by atoms with E-state index in [1.165, 1.54) is 12.8 Å². The van der Waals surface area contributed by atoms with Gasteiger partial charge in [0.25, 0.3) is 5.91 Å². The lowest BCUT2D eigenvalue weighted by Gasteiger charge is -2.31. The van der Waals surface area contributed by atoms with E-state index in [1.54, 1.807) is 13.3 Å². The normalized spacial score (nSPS) is 17.3. The summed E-state index contributed by atoms with van der Waals surface area (Å²) in [5.74, 6) is 1.85. The first-order valence-corrected chi connectivity index (χ1v) is 10.1. The monoisotopic (exact) mass is 382 g/mol. The van der Waals surface area contributed by atoms with Crippen molar-refractivity contribution in [1.82, 2.24) is 20.2 Å². The van der Waals surface area contributed by atoms with Gasteiger partial charge in [0.05, 0.1) is 18.4 Å². The zero-order chi connectivity index (χ0) is 19.9. The molecule has 6 nitrogen and oxygen atoms in total. The van der Waals surface area contributed by atoms with Crippen LogP contribution >= 0.6 is 0 Å². The summed E-state index contributed by atoms with van der Waals surface area (Å²) in [6.45, 7) is 7.83. The Hall–Kier alpha value is -2.47. The third kappa shape index (κ3) is 5.07. The van der Waals surface area contributed by atoms with Gasteiger partial charge in [0, 0.05) is 25.2 Å². The maximum absolute atomic E-state index is 12.6. The van der Waals surface area contributed by atoms with Crippen LogP contribution in [0, 0.1) is 6.92 Å². The summed E-state index contributed by atoms with van der Waals surface area (Å²) in [4.78, 5) is 24.3. The molecule has 1 fully saturated rings. The number of rotatable bonds is 7. The molecule has 2 heterocycles. The molecule has 0 radical (unpaired) electrons. The van der Waals surface area contributed by atoms with Crippen LogP contribution in [-0.2, 0) is 6.54 Å². The second kappa shape index (κ2) is 9.64. The van der Waals surface area contributed by atoms with E-state index in [4.69, 9.17) is 4.74 Å². The Kier molecular flexibility index (Phi) is 6.98. The number of nitrogens with one attached hydrogen (secondary N) is 1. The number of hydrogen-bond donors (Lipinski definition) is 1. The molecule has 1 unspecified atom stereocenters. The number of aromatic nitrogens is 2. The van der Waals surface area contributed by atoms with E-state index in [2.05, 4.69) is 27.1 Å². The Morgan fingerprint density at radius 3 is 3.00 bits per heavy atom. The lowest BCUT2D eigenvalue weighted by atomic mass is 9.96. The van der Waals surface area contributed by atoms with Gasteiger partial charge in [-0.1, -0.05) is 19.1 Å². The molecular weight excluding hydrogens is 352 g/mol. The molecule has 150 valence electrons. The Morgan fingerprint density at radius 2 is 2.25 bits per heavy atom. The number of amides is 1. The van der Waals surface area contributed by atoms with Crippen molar-refractivity contribution < 1.29 is 9.53 Å². The summed E-state index contributed by atoms with van der Waals surface area (Å²) >= 11 is 0. The molecule has 1 amide bonds. The van der Waals surface area contributed by atoms with Crippen LogP contribution in [0.3, 0.4) is 0 Å². The summed E-state index contributed by atoms with van der Waals surface area (Å²) in [7, 11) is 1.63. The molecule has 1 aromatic heterocycles. The number of carbonyl (C=O) groups is 1. The van der Waals surface area contributed by atoms with E-state index >= 15 is 0 Å². The summed E-state index contributed by atoms with van der Waals surface area (Å²) < 4.78 is 5.22. The first kappa shape index (κ1) is 20.3. The second-order valence-corrected chi connectivity index (χ2v) is 7.40. The summed E-state index contributed by atoms with van der Waals surface area (Å²) in [6, 6.07) is 7.67. The van der Waals surface area contributed by atoms with E-state index < -0.39 is 0 Å². The van der Waals surface area contributed by atoms with Gasteiger partial charge in [-0.25, -0.2) is 9.97 Å². The minimum absolute atomic E-state index is 0.150. The molecule has 0 aliphatic carbocycles. The number of aryl methyl sites for hydroxylation is 1. The minimum atomic E-state index is -0.150. The number of nitrogens with zero attached hydrogens (tertiary/aromatic N) is 3. The zero-order valence-corrected chi connectivity index (χ0v) is 17.1. The molecule has 0 spiro atoms. The summed E-state index contributed by atoms with van der Waals surface area (Å²) in [5.41, 5.74) is 2.26. The van der Waals surface area contributed by atoms with Crippen molar-refractivity contribution in [2.75, 3.05) is 26.7 Å². The van der Waals surface area contributed by atoms with Gasteiger partial charge in [0.1, 0.15) is 11.6 Å². The molecule has 2 aromatic rings. The number of likely N-dealkylation sites (tertiary alicyclic amines) is 1. The lowest BCUT2D eigenvalue weighted by Crippen LogP contribution is -2.35. The highest BCUT2D eigenvalue weighted by Crippen LogP contribution is 2.25. The van der Waals surface area contributed by atoms with Crippen LogP contribution in [0.2, 0.25) is 0 Å². The molecule has 3 rings (SSSR count). The number of carbonyl (C=O) groups excluding carboxylic acids is 1. The van der Waals surface area contributed by atoms with Crippen LogP contribution in [0.1, 0.15) is 59.5 Å². The highest BCUT2D eigenvalue weighted by Gasteiger charge is 2.24. The average Bonchev–Trinajstić information content (AvgIpc) is 2.72. The maximum Gasteiger partial charge on any atom is 0.254 e. The second-order valence-electron chi connectivity index (χ2n) is 7.40. The van der Waals surface area contributed by atoms with Crippen LogP contribution in [0.15, 0.2) is 30.5 Å². The highest BCUT2D eigenvalue weighted by molar-refractivity contribution is 5.94. The molecule has 1 aromatic carbocycles. The first-order valence-electron chi connectivity index (χ1n) is 10.1. The van der Waals surface area contributed by atoms with E-state index in [1.807, 2.05) is 31.2 Å².